The van der Waals surface area contributed by atoms with Crippen molar-refractivity contribution in [2.75, 3.05) is 25.1 Å². The van der Waals surface area contributed by atoms with Crippen molar-refractivity contribution >= 4 is 11.8 Å². The summed E-state index contributed by atoms with van der Waals surface area (Å²) in [7, 11) is 0. The van der Waals surface area contributed by atoms with Gasteiger partial charge in [0.25, 0.3) is 0 Å². The molecule has 2 aromatic rings. The molecule has 4 atom stereocenters. The summed E-state index contributed by atoms with van der Waals surface area (Å²) in [4.78, 5) is 15.5. The van der Waals surface area contributed by atoms with E-state index in [1.165, 1.54) is 30.4 Å². The molecule has 6 nitrogen and oxygen atoms in total. The number of carbonyl (C=O) groups is 1. The molecule has 2 bridgehead atoms. The molecule has 1 unspecified atom stereocenters. The first-order valence-corrected chi connectivity index (χ1v) is 14.3. The fraction of sp³-hybridized carbons (Fsp3) is 0.581. The van der Waals surface area contributed by atoms with E-state index in [4.69, 9.17) is 14.2 Å². The number of carbonyl (C=O) groups excluding carboxylic acids is 1. The molecule has 0 aromatic heterocycles. The predicted molar refractivity (Wildman–Crippen MR) is 145 cm³/mol. The first kappa shape index (κ1) is 24.4. The number of benzene rings is 2. The van der Waals surface area contributed by atoms with Gasteiger partial charge in [0.05, 0.1) is 12.6 Å². The predicted octanol–water partition coefficient (Wildman–Crippen LogP) is 6.45. The third-order valence-electron chi connectivity index (χ3n) is 9.12. The van der Waals surface area contributed by atoms with Gasteiger partial charge >= 0.3 is 6.09 Å². The van der Waals surface area contributed by atoms with Crippen LogP contribution in [0.2, 0.25) is 0 Å². The molecule has 198 valence electrons. The van der Waals surface area contributed by atoms with Crippen LogP contribution in [0.25, 0.3) is 0 Å². The van der Waals surface area contributed by atoms with Crippen molar-refractivity contribution in [3.05, 3.63) is 53.1 Å². The number of piperidine rings is 1. The second kappa shape index (κ2) is 10.1. The number of likely N-dealkylation sites (tertiary alicyclic amines) is 1. The lowest BCUT2D eigenvalue weighted by atomic mass is 9.52. The zero-order chi connectivity index (χ0) is 25.4. The minimum absolute atomic E-state index is 0.0804. The molecule has 0 radical (unpaired) electrons. The lowest BCUT2D eigenvalue weighted by molar-refractivity contribution is -0.0143. The topological polar surface area (TPSA) is 60.0 Å². The Labute approximate surface area is 220 Å². The van der Waals surface area contributed by atoms with E-state index in [0.717, 1.165) is 68.0 Å². The fourth-order valence-electron chi connectivity index (χ4n) is 7.36. The Bertz CT molecular complexity index is 1140. The maximum atomic E-state index is 13.4. The summed E-state index contributed by atoms with van der Waals surface area (Å²) >= 11 is 0. The standard InChI is InChI=1S/C31H40N2O4/c1-3-4-16-35-27-18-25-23(29-28(27)32-21(2)19-36-29)17-26-24-12-8-9-13-31(24,25)14-15-33(26)30(34)37-20-22-10-6-5-7-11-22/h5-7,10-11,18,21,24,26,32H,3-4,8-9,12-17,19-20H2,1-2H3/t21?,24-,26+,31+/m1/s1. The van der Waals surface area contributed by atoms with Gasteiger partial charge in [-0.15, -0.1) is 0 Å². The molecule has 2 fully saturated rings. The van der Waals surface area contributed by atoms with Crippen LogP contribution in [0.3, 0.4) is 0 Å². The van der Waals surface area contributed by atoms with Crippen LogP contribution in [-0.4, -0.2) is 42.8 Å². The number of rotatable bonds is 6. The molecule has 4 aliphatic rings. The van der Waals surface area contributed by atoms with Crippen molar-refractivity contribution in [3.8, 4) is 11.5 Å². The van der Waals surface area contributed by atoms with Gasteiger partial charge < -0.3 is 24.4 Å². The Morgan fingerprint density at radius 3 is 2.92 bits per heavy atom. The summed E-state index contributed by atoms with van der Waals surface area (Å²) in [6.07, 6.45) is 8.55. The van der Waals surface area contributed by atoms with Crippen LogP contribution in [0.1, 0.15) is 75.5 Å². The van der Waals surface area contributed by atoms with Crippen molar-refractivity contribution in [3.63, 3.8) is 0 Å². The zero-order valence-corrected chi connectivity index (χ0v) is 22.3. The molecule has 6 rings (SSSR count). The number of hydrogen-bond acceptors (Lipinski definition) is 5. The number of nitrogens with one attached hydrogen (secondary N) is 1. The summed E-state index contributed by atoms with van der Waals surface area (Å²) in [6, 6.07) is 12.7. The number of anilines is 1. The van der Waals surface area contributed by atoms with E-state index in [-0.39, 0.29) is 23.6 Å². The van der Waals surface area contributed by atoms with Gasteiger partial charge in [-0.1, -0.05) is 56.5 Å². The second-order valence-corrected chi connectivity index (χ2v) is 11.4. The summed E-state index contributed by atoms with van der Waals surface area (Å²) in [5.74, 6) is 2.34. The van der Waals surface area contributed by atoms with E-state index in [2.05, 4.69) is 25.2 Å². The van der Waals surface area contributed by atoms with Crippen LogP contribution < -0.4 is 14.8 Å². The van der Waals surface area contributed by atoms with Crippen LogP contribution in [0.4, 0.5) is 10.5 Å². The molecule has 2 aliphatic carbocycles. The number of unbranched alkanes of at least 4 members (excludes halogenated alkanes) is 1. The average Bonchev–Trinajstić information content (AvgIpc) is 2.92. The fourth-order valence-corrected chi connectivity index (χ4v) is 7.36. The van der Waals surface area contributed by atoms with Crippen molar-refractivity contribution in [1.29, 1.82) is 0 Å². The molecule has 1 amide bonds. The first-order valence-electron chi connectivity index (χ1n) is 14.3. The van der Waals surface area contributed by atoms with Gasteiger partial charge in [-0.3, -0.25) is 0 Å². The van der Waals surface area contributed by atoms with Gasteiger partial charge in [-0.2, -0.15) is 0 Å². The Kier molecular flexibility index (Phi) is 6.68. The van der Waals surface area contributed by atoms with Crippen LogP contribution in [0, 0.1) is 5.92 Å². The molecule has 37 heavy (non-hydrogen) atoms. The average molecular weight is 505 g/mol. The Balaban J connectivity index is 1.35. The second-order valence-electron chi connectivity index (χ2n) is 11.4. The molecule has 2 aromatic carbocycles. The third kappa shape index (κ3) is 4.32. The minimum atomic E-state index is -0.183. The highest BCUT2D eigenvalue weighted by molar-refractivity contribution is 5.75. The Morgan fingerprint density at radius 2 is 2.08 bits per heavy atom. The van der Waals surface area contributed by atoms with Crippen LogP contribution in [-0.2, 0) is 23.2 Å². The lowest BCUT2D eigenvalue weighted by Crippen LogP contribution is -2.62. The quantitative estimate of drug-likeness (QED) is 0.458. The summed E-state index contributed by atoms with van der Waals surface area (Å²) in [5, 5.41) is 3.66. The molecule has 1 saturated heterocycles. The first-order chi connectivity index (χ1) is 18.1. The van der Waals surface area contributed by atoms with E-state index in [0.29, 0.717) is 19.1 Å². The highest BCUT2D eigenvalue weighted by Gasteiger charge is 2.56. The van der Waals surface area contributed by atoms with Crippen molar-refractivity contribution in [2.45, 2.75) is 89.3 Å². The van der Waals surface area contributed by atoms with Crippen molar-refractivity contribution < 1.29 is 19.0 Å². The molecule has 1 saturated carbocycles. The van der Waals surface area contributed by atoms with Crippen LogP contribution in [0.5, 0.6) is 11.5 Å². The van der Waals surface area contributed by atoms with Gasteiger partial charge in [-0.25, -0.2) is 4.79 Å². The van der Waals surface area contributed by atoms with E-state index in [1.54, 1.807) is 0 Å². The molecule has 2 heterocycles. The minimum Gasteiger partial charge on any atom is -0.491 e. The third-order valence-corrected chi connectivity index (χ3v) is 9.12. The normalized spacial score (nSPS) is 27.6. The van der Waals surface area contributed by atoms with Gasteiger partial charge in [0.15, 0.2) is 0 Å². The van der Waals surface area contributed by atoms with Gasteiger partial charge in [0, 0.05) is 23.6 Å². The van der Waals surface area contributed by atoms with Crippen LogP contribution in [0.15, 0.2) is 36.4 Å². The van der Waals surface area contributed by atoms with Crippen molar-refractivity contribution in [2.24, 2.45) is 5.92 Å². The SMILES string of the molecule is CCCCOc1cc2c(c3c1NC(C)CO3)C[C@H]1[C@H]3CCCC[C@@]23CCN1C(=O)OCc1ccccc1. The highest BCUT2D eigenvalue weighted by Crippen LogP contribution is 2.59. The number of nitrogens with zero attached hydrogens (tertiary/aromatic N) is 1. The molecule has 6 heteroatoms. The molecular formula is C31H40N2O4. The molecular weight excluding hydrogens is 464 g/mol. The smallest absolute Gasteiger partial charge is 0.410 e. The number of ether oxygens (including phenoxy) is 3. The van der Waals surface area contributed by atoms with Crippen LogP contribution >= 0.6 is 0 Å². The van der Waals surface area contributed by atoms with Gasteiger partial charge in [0.1, 0.15) is 30.4 Å². The zero-order valence-electron chi connectivity index (χ0n) is 22.3. The Morgan fingerprint density at radius 1 is 1.22 bits per heavy atom. The number of amides is 1. The Hall–Kier alpha value is -2.89. The maximum absolute atomic E-state index is 13.4. The number of fused-ring (bicyclic) bond motifs is 3. The summed E-state index contributed by atoms with van der Waals surface area (Å²) in [5.41, 5.74) is 4.80. The van der Waals surface area contributed by atoms with Gasteiger partial charge in [0.2, 0.25) is 0 Å². The maximum Gasteiger partial charge on any atom is 0.410 e. The number of hydrogen-bond donors (Lipinski definition) is 1. The van der Waals surface area contributed by atoms with E-state index < -0.39 is 0 Å². The lowest BCUT2D eigenvalue weighted by Gasteiger charge is -2.58. The highest BCUT2D eigenvalue weighted by atomic mass is 16.6. The van der Waals surface area contributed by atoms with Crippen molar-refractivity contribution in [1.82, 2.24) is 4.90 Å². The molecule has 1 N–H and O–H groups in total. The van der Waals surface area contributed by atoms with E-state index in [9.17, 15) is 4.79 Å². The molecule has 0 spiro atoms. The summed E-state index contributed by atoms with van der Waals surface area (Å²) < 4.78 is 18.7. The monoisotopic (exact) mass is 504 g/mol. The van der Waals surface area contributed by atoms with E-state index in [1.807, 2.05) is 35.2 Å². The van der Waals surface area contributed by atoms with Gasteiger partial charge in [-0.05, 0) is 62.1 Å². The largest absolute Gasteiger partial charge is 0.491 e. The van der Waals surface area contributed by atoms with E-state index >= 15 is 0 Å². The summed E-state index contributed by atoms with van der Waals surface area (Å²) in [6.45, 7) is 6.76. The molecule has 2 aliphatic heterocycles.